The minimum atomic E-state index is -0.462. The number of phenolic OH excluding ortho intramolecular Hbond substituents is 1. The summed E-state index contributed by atoms with van der Waals surface area (Å²) in [7, 11) is 0. The zero-order valence-corrected chi connectivity index (χ0v) is 11.9. The molecule has 0 aliphatic heterocycles. The number of carbonyl (C=O) groups excluding carboxylic acids is 2. The van der Waals surface area contributed by atoms with E-state index in [0.717, 1.165) is 5.56 Å². The van der Waals surface area contributed by atoms with E-state index < -0.39 is 5.91 Å². The molecule has 0 radical (unpaired) electrons. The second-order valence-electron chi connectivity index (χ2n) is 4.76. The minimum Gasteiger partial charge on any atom is -0.508 e. The maximum Gasteiger partial charge on any atom is 0.271 e. The van der Waals surface area contributed by atoms with E-state index in [1.54, 1.807) is 48.5 Å². The first kappa shape index (κ1) is 15.4. The van der Waals surface area contributed by atoms with Gasteiger partial charge in [0.15, 0.2) is 0 Å². The fourth-order valence-electron chi connectivity index (χ4n) is 1.88. The number of hydrogen-bond donors (Lipinski definition) is 4. The van der Waals surface area contributed by atoms with Crippen LogP contribution in [-0.2, 0) is 11.2 Å². The summed E-state index contributed by atoms with van der Waals surface area (Å²) in [4.78, 5) is 23.5. The van der Waals surface area contributed by atoms with Crippen LogP contribution in [0.1, 0.15) is 22.3 Å². The van der Waals surface area contributed by atoms with Crippen LogP contribution in [0.5, 0.6) is 5.75 Å². The van der Waals surface area contributed by atoms with Crippen LogP contribution in [0.4, 0.5) is 5.69 Å². The quantitative estimate of drug-likeness (QED) is 0.505. The number of nitrogens with two attached hydrogens (primary N) is 1. The number of nitrogens with one attached hydrogen (secondary N) is 2. The summed E-state index contributed by atoms with van der Waals surface area (Å²) >= 11 is 0. The number of phenols is 1. The lowest BCUT2D eigenvalue weighted by atomic mass is 10.1. The van der Waals surface area contributed by atoms with Crippen LogP contribution in [0.2, 0.25) is 0 Å². The Morgan fingerprint density at radius 2 is 1.68 bits per heavy atom. The normalized spacial score (nSPS) is 10.0. The van der Waals surface area contributed by atoms with Crippen LogP contribution >= 0.6 is 0 Å². The number of para-hydroxylation sites is 1. The molecule has 0 fully saturated rings. The fourth-order valence-corrected chi connectivity index (χ4v) is 1.88. The van der Waals surface area contributed by atoms with Crippen LogP contribution in [0.25, 0.3) is 0 Å². The first-order valence-corrected chi connectivity index (χ1v) is 6.78. The predicted octanol–water partition coefficient (Wildman–Crippen LogP) is 1.37. The smallest absolute Gasteiger partial charge is 0.271 e. The number of rotatable bonds is 4. The Morgan fingerprint density at radius 3 is 2.36 bits per heavy atom. The Bertz CT molecular complexity index is 669. The summed E-state index contributed by atoms with van der Waals surface area (Å²) in [6.45, 7) is 0. The minimum absolute atomic E-state index is 0.181. The van der Waals surface area contributed by atoms with E-state index in [1.165, 1.54) is 0 Å². The molecule has 0 bridgehead atoms. The van der Waals surface area contributed by atoms with Gasteiger partial charge in [0.25, 0.3) is 5.91 Å². The van der Waals surface area contributed by atoms with Crippen molar-refractivity contribution < 1.29 is 14.7 Å². The van der Waals surface area contributed by atoms with E-state index in [1.807, 2.05) is 0 Å². The summed E-state index contributed by atoms with van der Waals surface area (Å²) < 4.78 is 0. The highest BCUT2D eigenvalue weighted by molar-refractivity contribution is 5.99. The monoisotopic (exact) mass is 299 g/mol. The topological polar surface area (TPSA) is 104 Å². The second kappa shape index (κ2) is 7.12. The maximum absolute atomic E-state index is 11.8. The summed E-state index contributed by atoms with van der Waals surface area (Å²) in [6, 6.07) is 13.2. The zero-order valence-electron chi connectivity index (χ0n) is 11.9. The van der Waals surface area contributed by atoms with Crippen LogP contribution < -0.4 is 16.6 Å². The van der Waals surface area contributed by atoms with E-state index >= 15 is 0 Å². The molecular weight excluding hydrogens is 282 g/mol. The number of carbonyl (C=O) groups is 2. The third-order valence-electron chi connectivity index (χ3n) is 3.10. The number of aryl methyl sites for hydroxylation is 1. The molecule has 2 rings (SSSR count). The summed E-state index contributed by atoms with van der Waals surface area (Å²) in [5, 5.41) is 9.17. The predicted molar refractivity (Wildman–Crippen MR) is 82.9 cm³/mol. The molecule has 0 atom stereocenters. The lowest BCUT2D eigenvalue weighted by Gasteiger charge is -2.09. The van der Waals surface area contributed by atoms with Gasteiger partial charge in [-0.25, -0.2) is 0 Å². The van der Waals surface area contributed by atoms with Gasteiger partial charge in [0.1, 0.15) is 5.75 Å². The van der Waals surface area contributed by atoms with Gasteiger partial charge in [0, 0.05) is 12.1 Å². The maximum atomic E-state index is 11.8. The average Bonchev–Trinajstić information content (AvgIpc) is 2.52. The third kappa shape index (κ3) is 4.24. The van der Waals surface area contributed by atoms with Crippen molar-refractivity contribution in [1.82, 2.24) is 10.9 Å². The van der Waals surface area contributed by atoms with Crippen LogP contribution in [0.3, 0.4) is 0 Å². The van der Waals surface area contributed by atoms with Gasteiger partial charge >= 0.3 is 0 Å². The molecule has 0 aliphatic carbocycles. The van der Waals surface area contributed by atoms with E-state index in [4.69, 9.17) is 5.73 Å². The van der Waals surface area contributed by atoms with Crippen molar-refractivity contribution in [3.63, 3.8) is 0 Å². The molecule has 22 heavy (non-hydrogen) atoms. The molecule has 0 unspecified atom stereocenters. The molecule has 0 heterocycles. The Hall–Kier alpha value is -3.02. The summed E-state index contributed by atoms with van der Waals surface area (Å²) in [6.07, 6.45) is 0.727. The lowest BCUT2D eigenvalue weighted by Crippen LogP contribution is -2.41. The number of benzene rings is 2. The van der Waals surface area contributed by atoms with Gasteiger partial charge in [0.05, 0.1) is 5.56 Å². The van der Waals surface area contributed by atoms with Gasteiger partial charge in [-0.2, -0.15) is 0 Å². The van der Waals surface area contributed by atoms with E-state index in [2.05, 4.69) is 10.9 Å². The first-order valence-electron chi connectivity index (χ1n) is 6.78. The number of anilines is 1. The molecule has 2 aromatic carbocycles. The standard InChI is InChI=1S/C16H17N3O3/c17-14-4-2-1-3-13(14)16(22)19-18-15(21)10-7-11-5-8-12(20)9-6-11/h1-6,8-9,20H,7,10,17H2,(H,18,21)(H,19,22). The number of aromatic hydroxyl groups is 1. The highest BCUT2D eigenvalue weighted by atomic mass is 16.3. The Labute approximate surface area is 127 Å². The Morgan fingerprint density at radius 1 is 1.00 bits per heavy atom. The number of nitrogen functional groups attached to an aromatic ring is 1. The van der Waals surface area contributed by atoms with E-state index in [0.29, 0.717) is 17.7 Å². The van der Waals surface area contributed by atoms with Gasteiger partial charge < -0.3 is 10.8 Å². The van der Waals surface area contributed by atoms with Crippen molar-refractivity contribution in [2.75, 3.05) is 5.73 Å². The molecule has 2 aromatic rings. The van der Waals surface area contributed by atoms with Crippen molar-refractivity contribution in [3.05, 3.63) is 59.7 Å². The van der Waals surface area contributed by atoms with E-state index in [9.17, 15) is 14.7 Å². The Kier molecular flexibility index (Phi) is 4.98. The summed E-state index contributed by atoms with van der Waals surface area (Å²) in [5.74, 6) is -0.590. The average molecular weight is 299 g/mol. The van der Waals surface area contributed by atoms with Gasteiger partial charge in [-0.15, -0.1) is 0 Å². The van der Waals surface area contributed by atoms with Crippen LogP contribution in [0.15, 0.2) is 48.5 Å². The van der Waals surface area contributed by atoms with Crippen LogP contribution in [-0.4, -0.2) is 16.9 Å². The highest BCUT2D eigenvalue weighted by Gasteiger charge is 2.09. The zero-order chi connectivity index (χ0) is 15.9. The van der Waals surface area contributed by atoms with Crippen molar-refractivity contribution in [1.29, 1.82) is 0 Å². The van der Waals surface area contributed by atoms with E-state index in [-0.39, 0.29) is 18.1 Å². The van der Waals surface area contributed by atoms with Crippen molar-refractivity contribution >= 4 is 17.5 Å². The van der Waals surface area contributed by atoms with Gasteiger partial charge in [-0.05, 0) is 36.2 Å². The van der Waals surface area contributed by atoms with Gasteiger partial charge in [-0.3, -0.25) is 20.4 Å². The molecule has 5 N–H and O–H groups in total. The SMILES string of the molecule is Nc1ccccc1C(=O)NNC(=O)CCc1ccc(O)cc1. The highest BCUT2D eigenvalue weighted by Crippen LogP contribution is 2.11. The molecule has 0 aromatic heterocycles. The Balaban J connectivity index is 1.79. The van der Waals surface area contributed by atoms with Crippen molar-refractivity contribution in [2.45, 2.75) is 12.8 Å². The molecule has 114 valence electrons. The molecule has 6 heteroatoms. The fraction of sp³-hybridized carbons (Fsp3) is 0.125. The lowest BCUT2D eigenvalue weighted by molar-refractivity contribution is -0.121. The molecule has 2 amide bonds. The molecule has 6 nitrogen and oxygen atoms in total. The molecule has 0 aliphatic rings. The van der Waals surface area contributed by atoms with Gasteiger partial charge in [0.2, 0.25) is 5.91 Å². The van der Waals surface area contributed by atoms with Crippen molar-refractivity contribution in [3.8, 4) is 5.75 Å². The molecular formula is C16H17N3O3. The molecule has 0 saturated heterocycles. The van der Waals surface area contributed by atoms with Gasteiger partial charge in [-0.1, -0.05) is 24.3 Å². The number of hydrazine groups is 1. The number of hydrogen-bond acceptors (Lipinski definition) is 4. The molecule has 0 spiro atoms. The first-order chi connectivity index (χ1) is 10.6. The number of amides is 2. The molecule has 0 saturated carbocycles. The second-order valence-corrected chi connectivity index (χ2v) is 4.76. The summed E-state index contributed by atoms with van der Waals surface area (Å²) in [5.41, 5.74) is 11.9. The van der Waals surface area contributed by atoms with Crippen LogP contribution in [0, 0.1) is 0 Å². The largest absolute Gasteiger partial charge is 0.508 e. The third-order valence-corrected chi connectivity index (χ3v) is 3.10. The van der Waals surface area contributed by atoms with Crippen molar-refractivity contribution in [2.24, 2.45) is 0 Å².